The lowest BCUT2D eigenvalue weighted by molar-refractivity contribution is -0.0553. The second-order valence-corrected chi connectivity index (χ2v) is 5.94. The Labute approximate surface area is 118 Å². The number of morpholine rings is 1. The quantitative estimate of drug-likeness (QED) is 0.861. The lowest BCUT2D eigenvalue weighted by Crippen LogP contribution is -2.52. The molecule has 1 aliphatic rings. The Morgan fingerprint density at radius 2 is 2.21 bits per heavy atom. The Balaban J connectivity index is 2.20. The van der Waals surface area contributed by atoms with Gasteiger partial charge in [-0.3, -0.25) is 4.90 Å². The number of halogens is 1. The first-order valence-corrected chi connectivity index (χ1v) is 6.71. The van der Waals surface area contributed by atoms with E-state index in [9.17, 15) is 4.39 Å². The Morgan fingerprint density at radius 1 is 1.47 bits per heavy atom. The molecule has 19 heavy (non-hydrogen) atoms. The van der Waals surface area contributed by atoms with Crippen molar-refractivity contribution < 1.29 is 9.13 Å². The molecule has 0 atom stereocenters. The number of nitrogens with two attached hydrogens (primary N) is 1. The third-order valence-corrected chi connectivity index (χ3v) is 3.67. The standard InChI is InChI=1S/C14H19FN2OS/c1-14(2)9-18-4-3-17(14)8-10-5-11(13(16)19)7-12(15)6-10/h5-7H,3-4,8-9H2,1-2H3,(H2,16,19). The highest BCUT2D eigenvalue weighted by molar-refractivity contribution is 7.80. The lowest BCUT2D eigenvalue weighted by Gasteiger charge is -2.42. The van der Waals surface area contributed by atoms with Gasteiger partial charge in [0.25, 0.3) is 0 Å². The summed E-state index contributed by atoms with van der Waals surface area (Å²) >= 11 is 4.91. The van der Waals surface area contributed by atoms with Gasteiger partial charge in [0.1, 0.15) is 10.8 Å². The van der Waals surface area contributed by atoms with E-state index in [0.717, 1.165) is 12.1 Å². The van der Waals surface area contributed by atoms with Gasteiger partial charge >= 0.3 is 0 Å². The van der Waals surface area contributed by atoms with Crippen molar-refractivity contribution in [1.82, 2.24) is 4.90 Å². The van der Waals surface area contributed by atoms with E-state index >= 15 is 0 Å². The van der Waals surface area contributed by atoms with Gasteiger partial charge in [-0.25, -0.2) is 4.39 Å². The summed E-state index contributed by atoms with van der Waals surface area (Å²) in [5, 5.41) is 0. The molecule has 1 fully saturated rings. The minimum atomic E-state index is -0.300. The molecule has 1 saturated heterocycles. The van der Waals surface area contributed by atoms with Crippen LogP contribution in [-0.4, -0.2) is 35.2 Å². The predicted octanol–water partition coefficient (Wildman–Crippen LogP) is 2.07. The van der Waals surface area contributed by atoms with Gasteiger partial charge in [-0.1, -0.05) is 12.2 Å². The van der Waals surface area contributed by atoms with Crippen LogP contribution in [0.1, 0.15) is 25.0 Å². The molecular formula is C14H19FN2OS. The molecule has 1 heterocycles. The van der Waals surface area contributed by atoms with Crippen molar-refractivity contribution in [3.8, 4) is 0 Å². The van der Waals surface area contributed by atoms with E-state index in [0.29, 0.717) is 25.3 Å². The Kier molecular flexibility index (Phi) is 4.18. The zero-order chi connectivity index (χ0) is 14.0. The summed E-state index contributed by atoms with van der Waals surface area (Å²) in [4.78, 5) is 2.51. The maximum Gasteiger partial charge on any atom is 0.124 e. The molecule has 1 aromatic carbocycles. The summed E-state index contributed by atoms with van der Waals surface area (Å²) in [6.45, 7) is 7.15. The van der Waals surface area contributed by atoms with Crippen LogP contribution in [-0.2, 0) is 11.3 Å². The maximum absolute atomic E-state index is 13.6. The molecule has 0 spiro atoms. The summed E-state index contributed by atoms with van der Waals surface area (Å²) in [6.07, 6.45) is 0. The second-order valence-electron chi connectivity index (χ2n) is 5.50. The van der Waals surface area contributed by atoms with E-state index < -0.39 is 0 Å². The molecule has 0 aliphatic carbocycles. The minimum Gasteiger partial charge on any atom is -0.389 e. The zero-order valence-corrected chi connectivity index (χ0v) is 12.1. The number of hydrogen-bond acceptors (Lipinski definition) is 3. The summed E-state index contributed by atoms with van der Waals surface area (Å²) in [7, 11) is 0. The number of ether oxygens (including phenoxy) is 1. The Morgan fingerprint density at radius 3 is 2.84 bits per heavy atom. The normalized spacial score (nSPS) is 19.3. The van der Waals surface area contributed by atoms with Crippen LogP contribution in [0.15, 0.2) is 18.2 Å². The van der Waals surface area contributed by atoms with Crippen molar-refractivity contribution in [1.29, 1.82) is 0 Å². The highest BCUT2D eigenvalue weighted by Gasteiger charge is 2.30. The summed E-state index contributed by atoms with van der Waals surface area (Å²) in [5.41, 5.74) is 6.99. The van der Waals surface area contributed by atoms with Crippen molar-refractivity contribution in [2.75, 3.05) is 19.8 Å². The molecule has 0 unspecified atom stereocenters. The van der Waals surface area contributed by atoms with E-state index in [1.54, 1.807) is 0 Å². The maximum atomic E-state index is 13.6. The van der Waals surface area contributed by atoms with Crippen molar-refractivity contribution in [3.05, 3.63) is 35.1 Å². The van der Waals surface area contributed by atoms with Gasteiger partial charge in [0, 0.05) is 24.2 Å². The van der Waals surface area contributed by atoms with Gasteiger partial charge in [0.15, 0.2) is 0 Å². The van der Waals surface area contributed by atoms with Crippen LogP contribution in [0.2, 0.25) is 0 Å². The number of rotatable bonds is 3. The van der Waals surface area contributed by atoms with E-state index in [1.807, 2.05) is 6.07 Å². The fourth-order valence-electron chi connectivity index (χ4n) is 2.29. The van der Waals surface area contributed by atoms with Crippen molar-refractivity contribution in [3.63, 3.8) is 0 Å². The van der Waals surface area contributed by atoms with Crippen LogP contribution < -0.4 is 5.73 Å². The molecule has 3 nitrogen and oxygen atoms in total. The Bertz CT molecular complexity index is 490. The van der Waals surface area contributed by atoms with Gasteiger partial charge in [0.2, 0.25) is 0 Å². The van der Waals surface area contributed by atoms with Crippen molar-refractivity contribution in [2.45, 2.75) is 25.9 Å². The summed E-state index contributed by atoms with van der Waals surface area (Å²) in [6, 6.07) is 4.76. The van der Waals surface area contributed by atoms with Crippen LogP contribution in [0.5, 0.6) is 0 Å². The van der Waals surface area contributed by atoms with E-state index in [4.69, 9.17) is 22.7 Å². The molecule has 1 aromatic rings. The fourth-order valence-corrected chi connectivity index (χ4v) is 2.41. The second kappa shape index (κ2) is 5.53. The zero-order valence-electron chi connectivity index (χ0n) is 11.3. The van der Waals surface area contributed by atoms with Crippen LogP contribution in [0.4, 0.5) is 4.39 Å². The molecule has 0 amide bonds. The number of hydrogen-bond donors (Lipinski definition) is 1. The molecule has 5 heteroatoms. The topological polar surface area (TPSA) is 38.5 Å². The number of nitrogens with zero attached hydrogens (tertiary/aromatic N) is 1. The van der Waals surface area contributed by atoms with Crippen molar-refractivity contribution in [2.24, 2.45) is 5.73 Å². The van der Waals surface area contributed by atoms with Crippen LogP contribution in [0.25, 0.3) is 0 Å². The summed E-state index contributed by atoms with van der Waals surface area (Å²) in [5.74, 6) is -0.300. The van der Waals surface area contributed by atoms with Gasteiger partial charge < -0.3 is 10.5 Å². The fraction of sp³-hybridized carbons (Fsp3) is 0.500. The Hall–Kier alpha value is -1.04. The summed E-state index contributed by atoms with van der Waals surface area (Å²) < 4.78 is 19.1. The first kappa shape index (κ1) is 14.4. The number of thiocarbonyl (C=S) groups is 1. The monoisotopic (exact) mass is 282 g/mol. The third kappa shape index (κ3) is 3.49. The molecular weight excluding hydrogens is 263 g/mol. The lowest BCUT2D eigenvalue weighted by atomic mass is 10.0. The van der Waals surface area contributed by atoms with E-state index in [-0.39, 0.29) is 16.3 Å². The van der Waals surface area contributed by atoms with Crippen LogP contribution in [0.3, 0.4) is 0 Å². The minimum absolute atomic E-state index is 0.0477. The predicted molar refractivity (Wildman–Crippen MR) is 77.6 cm³/mol. The van der Waals surface area contributed by atoms with Crippen molar-refractivity contribution >= 4 is 17.2 Å². The molecule has 2 N–H and O–H groups in total. The molecule has 0 radical (unpaired) electrons. The first-order chi connectivity index (χ1) is 8.88. The third-order valence-electron chi connectivity index (χ3n) is 3.43. The highest BCUT2D eigenvalue weighted by Crippen LogP contribution is 2.22. The molecule has 0 aromatic heterocycles. The highest BCUT2D eigenvalue weighted by atomic mass is 32.1. The first-order valence-electron chi connectivity index (χ1n) is 6.30. The van der Waals surface area contributed by atoms with Gasteiger partial charge in [-0.15, -0.1) is 0 Å². The molecule has 104 valence electrons. The van der Waals surface area contributed by atoms with E-state index in [2.05, 4.69) is 18.7 Å². The molecule has 1 aliphatic heterocycles. The molecule has 2 rings (SSSR count). The smallest absolute Gasteiger partial charge is 0.124 e. The average molecular weight is 282 g/mol. The van der Waals surface area contributed by atoms with Crippen LogP contribution in [0, 0.1) is 5.82 Å². The largest absolute Gasteiger partial charge is 0.389 e. The van der Waals surface area contributed by atoms with E-state index in [1.165, 1.54) is 12.1 Å². The average Bonchev–Trinajstić information content (AvgIpc) is 2.31. The van der Waals surface area contributed by atoms with Gasteiger partial charge in [-0.2, -0.15) is 0 Å². The number of benzene rings is 1. The molecule has 0 saturated carbocycles. The van der Waals surface area contributed by atoms with Crippen LogP contribution >= 0.6 is 12.2 Å². The van der Waals surface area contributed by atoms with Gasteiger partial charge in [-0.05, 0) is 37.6 Å². The molecule has 0 bridgehead atoms. The van der Waals surface area contributed by atoms with Gasteiger partial charge in [0.05, 0.1) is 13.2 Å². The SMILES string of the molecule is CC1(C)COCCN1Cc1cc(F)cc(C(N)=S)c1.